The van der Waals surface area contributed by atoms with Crippen molar-refractivity contribution in [2.75, 3.05) is 19.8 Å². The number of hydrogen-bond donors (Lipinski definition) is 1. The molecule has 8 nitrogen and oxygen atoms in total. The maximum atomic E-state index is 13.0. The second kappa shape index (κ2) is 15.1. The van der Waals surface area contributed by atoms with Gasteiger partial charge in [-0.25, -0.2) is 16.8 Å². The van der Waals surface area contributed by atoms with Crippen LogP contribution in [0.15, 0.2) is 117 Å². The van der Waals surface area contributed by atoms with Gasteiger partial charge in [-0.15, -0.1) is 0 Å². The van der Waals surface area contributed by atoms with Crippen molar-refractivity contribution >= 4 is 19.7 Å². The van der Waals surface area contributed by atoms with E-state index in [2.05, 4.69) is 13.8 Å². The van der Waals surface area contributed by atoms with Crippen molar-refractivity contribution in [3.05, 3.63) is 97.1 Å². The molecule has 0 unspecified atom stereocenters. The number of rotatable bonds is 16. The van der Waals surface area contributed by atoms with Crippen molar-refractivity contribution in [2.24, 2.45) is 5.92 Å². The van der Waals surface area contributed by atoms with Gasteiger partial charge < -0.3 is 19.3 Å². The van der Waals surface area contributed by atoms with Gasteiger partial charge in [0.2, 0.25) is 19.7 Å². The predicted octanol–water partition coefficient (Wildman–Crippen LogP) is 7.11. The summed E-state index contributed by atoms with van der Waals surface area (Å²) in [5, 5.41) is 9.39. The summed E-state index contributed by atoms with van der Waals surface area (Å²) in [4.78, 5) is 0.685. The molecule has 0 bridgehead atoms. The number of hydrogen-bond acceptors (Lipinski definition) is 8. The topological polar surface area (TPSA) is 116 Å². The highest BCUT2D eigenvalue weighted by Crippen LogP contribution is 2.26. The third-order valence-corrected chi connectivity index (χ3v) is 10.3. The molecule has 0 spiro atoms. The Morgan fingerprint density at radius 1 is 0.500 bits per heavy atom. The lowest BCUT2D eigenvalue weighted by Crippen LogP contribution is -2.05. The van der Waals surface area contributed by atoms with Crippen LogP contribution < -0.4 is 14.2 Å². The standard InChI is InChI=1S/C34H38O8S2/c1-26(2)25-42-30-13-21-34(22-14-30)44(38,39)33-19-11-29(12-20-33)41-24-6-4-3-5-23-40-28-9-17-32(18-10-28)43(36,37)31-15-7-27(35)8-16-31/h7-22,26,35H,3-6,23-25H2,1-2H3. The molecule has 1 N–H and O–H groups in total. The van der Waals surface area contributed by atoms with E-state index < -0.39 is 19.7 Å². The van der Waals surface area contributed by atoms with E-state index in [4.69, 9.17) is 14.2 Å². The van der Waals surface area contributed by atoms with Gasteiger partial charge in [-0.2, -0.15) is 0 Å². The van der Waals surface area contributed by atoms with Gasteiger partial charge in [0, 0.05) is 0 Å². The van der Waals surface area contributed by atoms with E-state index in [0.717, 1.165) is 25.7 Å². The van der Waals surface area contributed by atoms with Crippen molar-refractivity contribution in [3.8, 4) is 23.0 Å². The number of phenolic OH excluding ortho intramolecular Hbond substituents is 1. The van der Waals surface area contributed by atoms with Crippen molar-refractivity contribution in [2.45, 2.75) is 59.1 Å². The molecule has 4 aromatic carbocycles. The Morgan fingerprint density at radius 2 is 0.818 bits per heavy atom. The van der Waals surface area contributed by atoms with E-state index in [9.17, 15) is 21.9 Å². The molecule has 10 heteroatoms. The number of ether oxygens (including phenoxy) is 3. The van der Waals surface area contributed by atoms with Gasteiger partial charge >= 0.3 is 0 Å². The molecule has 0 aliphatic heterocycles. The normalized spacial score (nSPS) is 11.8. The summed E-state index contributed by atoms with van der Waals surface area (Å²) in [7, 11) is -7.31. The number of phenols is 1. The van der Waals surface area contributed by atoms with Crippen molar-refractivity contribution < 1.29 is 36.2 Å². The minimum absolute atomic E-state index is 0.00636. The van der Waals surface area contributed by atoms with Crippen molar-refractivity contribution in [1.29, 1.82) is 0 Å². The van der Waals surface area contributed by atoms with Crippen LogP contribution in [0.5, 0.6) is 23.0 Å². The summed E-state index contributed by atoms with van der Waals surface area (Å²) in [5.74, 6) is 2.23. The monoisotopic (exact) mass is 638 g/mol. The third kappa shape index (κ3) is 9.00. The average molecular weight is 639 g/mol. The van der Waals surface area contributed by atoms with E-state index in [1.54, 1.807) is 60.7 Å². The fourth-order valence-electron chi connectivity index (χ4n) is 4.24. The van der Waals surface area contributed by atoms with Crippen molar-refractivity contribution in [1.82, 2.24) is 0 Å². The van der Waals surface area contributed by atoms with Gasteiger partial charge in [0.05, 0.1) is 39.4 Å². The minimum Gasteiger partial charge on any atom is -0.508 e. The molecule has 0 saturated heterocycles. The maximum Gasteiger partial charge on any atom is 0.206 e. The first kappa shape index (κ1) is 32.9. The molecule has 0 radical (unpaired) electrons. The summed E-state index contributed by atoms with van der Waals surface area (Å²) < 4.78 is 68.6. The molecule has 0 saturated carbocycles. The van der Waals surface area contributed by atoms with Gasteiger partial charge in [-0.1, -0.05) is 13.8 Å². The summed E-state index contributed by atoms with van der Waals surface area (Å²) in [5.41, 5.74) is 0. The summed E-state index contributed by atoms with van der Waals surface area (Å²) in [6, 6.07) is 24.6. The van der Waals surface area contributed by atoms with E-state index >= 15 is 0 Å². The Kier molecular flexibility index (Phi) is 11.3. The number of unbranched alkanes of at least 4 members (excludes halogenated alkanes) is 3. The fourth-order valence-corrected chi connectivity index (χ4v) is 6.77. The molecular weight excluding hydrogens is 601 g/mol. The van der Waals surface area contributed by atoms with Crippen LogP contribution in [0.25, 0.3) is 0 Å². The molecule has 0 atom stereocenters. The molecule has 0 aromatic heterocycles. The molecule has 0 aliphatic carbocycles. The zero-order valence-electron chi connectivity index (χ0n) is 24.9. The van der Waals surface area contributed by atoms with Gasteiger partial charge in [0.15, 0.2) is 0 Å². The Labute approximate surface area is 260 Å². The molecule has 0 heterocycles. The number of aromatic hydroxyl groups is 1. The van der Waals surface area contributed by atoms with Gasteiger partial charge in [-0.05, 0) is 129 Å². The molecule has 234 valence electrons. The van der Waals surface area contributed by atoms with Crippen LogP contribution in [0.3, 0.4) is 0 Å². The molecule has 0 amide bonds. The van der Waals surface area contributed by atoms with Crippen LogP contribution in [-0.2, 0) is 19.7 Å². The molecule has 0 fully saturated rings. The first-order valence-electron chi connectivity index (χ1n) is 14.5. The lowest BCUT2D eigenvalue weighted by Gasteiger charge is -2.10. The predicted molar refractivity (Wildman–Crippen MR) is 168 cm³/mol. The first-order valence-corrected chi connectivity index (χ1v) is 17.5. The zero-order chi connectivity index (χ0) is 31.6. The second-order valence-corrected chi connectivity index (χ2v) is 14.6. The quantitative estimate of drug-likeness (QED) is 0.129. The van der Waals surface area contributed by atoms with Crippen LogP contribution in [0, 0.1) is 5.92 Å². The van der Waals surface area contributed by atoms with E-state index in [1.807, 2.05) is 0 Å². The van der Waals surface area contributed by atoms with Crippen LogP contribution in [0.4, 0.5) is 0 Å². The zero-order valence-corrected chi connectivity index (χ0v) is 26.5. The fraction of sp³-hybridized carbons (Fsp3) is 0.294. The van der Waals surface area contributed by atoms with E-state index in [-0.39, 0.29) is 25.3 Å². The molecular formula is C34H38O8S2. The van der Waals surface area contributed by atoms with E-state index in [1.165, 1.54) is 36.4 Å². The molecule has 44 heavy (non-hydrogen) atoms. The van der Waals surface area contributed by atoms with Crippen molar-refractivity contribution in [3.63, 3.8) is 0 Å². The highest BCUT2D eigenvalue weighted by molar-refractivity contribution is 7.91. The lowest BCUT2D eigenvalue weighted by molar-refractivity contribution is 0.271. The highest BCUT2D eigenvalue weighted by atomic mass is 32.2. The summed E-state index contributed by atoms with van der Waals surface area (Å²) >= 11 is 0. The number of benzene rings is 4. The Balaban J connectivity index is 1.13. The minimum atomic E-state index is -3.67. The third-order valence-electron chi connectivity index (χ3n) is 6.71. The number of sulfone groups is 2. The lowest BCUT2D eigenvalue weighted by atomic mass is 10.2. The van der Waals surface area contributed by atoms with E-state index in [0.29, 0.717) is 43.0 Å². The van der Waals surface area contributed by atoms with Gasteiger partial charge in [-0.3, -0.25) is 0 Å². The summed E-state index contributed by atoms with van der Waals surface area (Å²) in [6.45, 7) is 5.69. The molecule has 4 aromatic rings. The highest BCUT2D eigenvalue weighted by Gasteiger charge is 2.19. The average Bonchev–Trinajstić information content (AvgIpc) is 3.02. The van der Waals surface area contributed by atoms with Gasteiger partial charge in [0.25, 0.3) is 0 Å². The van der Waals surface area contributed by atoms with Crippen LogP contribution in [0.1, 0.15) is 39.5 Å². The molecule has 0 aliphatic rings. The van der Waals surface area contributed by atoms with Crippen LogP contribution in [-0.4, -0.2) is 41.8 Å². The largest absolute Gasteiger partial charge is 0.508 e. The van der Waals surface area contributed by atoms with Crippen LogP contribution in [0.2, 0.25) is 0 Å². The smallest absolute Gasteiger partial charge is 0.206 e. The Hall–Kier alpha value is -4.02. The summed E-state index contributed by atoms with van der Waals surface area (Å²) in [6.07, 6.45) is 3.56. The second-order valence-electron chi connectivity index (χ2n) is 10.7. The first-order chi connectivity index (χ1) is 21.1. The molecule has 4 rings (SSSR count). The maximum absolute atomic E-state index is 13.0. The Bertz CT molecular complexity index is 1680. The Morgan fingerprint density at radius 3 is 1.16 bits per heavy atom. The van der Waals surface area contributed by atoms with Gasteiger partial charge in [0.1, 0.15) is 23.0 Å². The van der Waals surface area contributed by atoms with Crippen LogP contribution >= 0.6 is 0 Å². The SMILES string of the molecule is CC(C)COc1ccc(S(=O)(=O)c2ccc(OCCCCCCOc3ccc(S(=O)(=O)c4ccc(O)cc4)cc3)cc2)cc1.